The molecule has 0 fully saturated rings. The van der Waals surface area contributed by atoms with Crippen LogP contribution in [0, 0.1) is 3.57 Å². The van der Waals surface area contributed by atoms with Crippen LogP contribution in [-0.4, -0.2) is 19.0 Å². The maximum Gasteiger partial charge on any atom is -0.0101 e. The van der Waals surface area contributed by atoms with Crippen molar-refractivity contribution in [1.29, 1.82) is 0 Å². The lowest BCUT2D eigenvalue weighted by Crippen LogP contribution is -2.19. The van der Waals surface area contributed by atoms with E-state index < -0.39 is 0 Å². The molecule has 1 aromatic rings. The fourth-order valence-electron chi connectivity index (χ4n) is 1.55. The van der Waals surface area contributed by atoms with Crippen molar-refractivity contribution in [2.75, 3.05) is 14.1 Å². The summed E-state index contributed by atoms with van der Waals surface area (Å²) < 4.78 is 1.38. The second-order valence-electron chi connectivity index (χ2n) is 3.22. The first-order valence-corrected chi connectivity index (χ1v) is 5.32. The van der Waals surface area contributed by atoms with Crippen LogP contribution in [0.25, 0.3) is 0 Å². The molecule has 1 nitrogen and oxygen atoms in total. The summed E-state index contributed by atoms with van der Waals surface area (Å²) in [5, 5.41) is 0. The first kappa shape index (κ1) is 10.1. The minimum absolute atomic E-state index is 0.576. The summed E-state index contributed by atoms with van der Waals surface area (Å²) >= 11 is 2.40. The first-order chi connectivity index (χ1) is 5.66. The van der Waals surface area contributed by atoms with E-state index in [-0.39, 0.29) is 0 Å². The lowest BCUT2D eigenvalue weighted by molar-refractivity contribution is 0.291. The van der Waals surface area contributed by atoms with Crippen molar-refractivity contribution >= 4 is 22.6 Å². The van der Waals surface area contributed by atoms with Crippen LogP contribution in [-0.2, 0) is 0 Å². The van der Waals surface area contributed by atoms with Crippen molar-refractivity contribution in [3.05, 3.63) is 27.3 Å². The molecule has 0 saturated carbocycles. The molecule has 0 spiro atoms. The number of nitrogens with zero attached hydrogens (tertiary/aromatic N) is 1. The fourth-order valence-corrected chi connectivity index (χ4v) is 2.29. The highest BCUT2D eigenvalue weighted by Gasteiger charge is 2.08. The molecule has 0 aliphatic heterocycles. The predicted molar refractivity (Wildman–Crippen MR) is 61.5 cm³/mol. The van der Waals surface area contributed by atoms with E-state index in [0.717, 1.165) is 0 Å². The summed E-state index contributed by atoms with van der Waals surface area (Å²) in [7, 11) is 4.27. The summed E-state index contributed by atoms with van der Waals surface area (Å²) in [5.41, 5.74) is 1.46. The Labute approximate surface area is 88.3 Å². The summed E-state index contributed by atoms with van der Waals surface area (Å²) in [5.74, 6) is 0. The van der Waals surface area contributed by atoms with Gasteiger partial charge in [0.25, 0.3) is 0 Å². The molecule has 0 unspecified atom stereocenters. The van der Waals surface area contributed by atoms with Crippen LogP contribution in [0.3, 0.4) is 0 Å². The average Bonchev–Trinajstić information content (AvgIpc) is 2.38. The molecule has 0 aliphatic rings. The van der Waals surface area contributed by atoms with E-state index >= 15 is 0 Å². The molecule has 0 N–H and O–H groups in total. The van der Waals surface area contributed by atoms with Crippen molar-refractivity contribution in [2.45, 2.75) is 19.4 Å². The molecule has 1 atom stereocenters. The maximum absolute atomic E-state index is 2.40. The molecular formula is C10H15IN-. The van der Waals surface area contributed by atoms with Crippen molar-refractivity contribution in [2.24, 2.45) is 0 Å². The summed E-state index contributed by atoms with van der Waals surface area (Å²) in [4.78, 5) is 2.28. The molecular weight excluding hydrogens is 261 g/mol. The van der Waals surface area contributed by atoms with Gasteiger partial charge >= 0.3 is 0 Å². The summed E-state index contributed by atoms with van der Waals surface area (Å²) in [6.07, 6.45) is 1.17. The molecule has 0 aromatic heterocycles. The smallest absolute Gasteiger partial charge is 0.0101 e. The molecule has 68 valence electrons. The standard InChI is InChI=1S/C10H15IN/c1-4-10(12(2)3)8-6-5-7-9(8)11/h5-7,10H,4H2,1-3H3/q-1/t10-/m1/s1. The van der Waals surface area contributed by atoms with E-state index in [4.69, 9.17) is 0 Å². The van der Waals surface area contributed by atoms with Crippen LogP contribution >= 0.6 is 22.6 Å². The van der Waals surface area contributed by atoms with Gasteiger partial charge in [-0.15, -0.1) is 9.13 Å². The fraction of sp³-hybridized carbons (Fsp3) is 0.500. The van der Waals surface area contributed by atoms with E-state index in [0.29, 0.717) is 6.04 Å². The van der Waals surface area contributed by atoms with Crippen LogP contribution in [0.4, 0.5) is 0 Å². The minimum Gasteiger partial charge on any atom is -0.313 e. The number of halogens is 1. The number of hydrogen-bond donors (Lipinski definition) is 0. The van der Waals surface area contributed by atoms with Gasteiger partial charge in [-0.1, -0.05) is 29.5 Å². The van der Waals surface area contributed by atoms with Gasteiger partial charge in [0.05, 0.1) is 0 Å². The minimum atomic E-state index is 0.576. The van der Waals surface area contributed by atoms with Gasteiger partial charge in [0.2, 0.25) is 0 Å². The van der Waals surface area contributed by atoms with E-state index in [2.05, 4.69) is 66.7 Å². The Morgan fingerprint density at radius 1 is 1.58 bits per heavy atom. The average molecular weight is 276 g/mol. The Balaban J connectivity index is 2.87. The monoisotopic (exact) mass is 276 g/mol. The number of hydrogen-bond acceptors (Lipinski definition) is 1. The van der Waals surface area contributed by atoms with Gasteiger partial charge in [0, 0.05) is 0 Å². The third-order valence-corrected chi connectivity index (χ3v) is 3.15. The van der Waals surface area contributed by atoms with Crippen molar-refractivity contribution < 1.29 is 0 Å². The lowest BCUT2D eigenvalue weighted by atomic mass is 10.1. The molecule has 0 saturated heterocycles. The second-order valence-corrected chi connectivity index (χ2v) is 4.38. The van der Waals surface area contributed by atoms with Crippen molar-refractivity contribution in [3.63, 3.8) is 0 Å². The van der Waals surface area contributed by atoms with Crippen LogP contribution in [0.15, 0.2) is 18.2 Å². The van der Waals surface area contributed by atoms with Crippen LogP contribution in [0.5, 0.6) is 0 Å². The SMILES string of the molecule is CC[C@H]([c-]1cccc1I)N(C)C. The maximum atomic E-state index is 2.40. The summed E-state index contributed by atoms with van der Waals surface area (Å²) in [6, 6.07) is 7.09. The normalized spacial score (nSPS) is 13.8. The Kier molecular flexibility index (Phi) is 3.65. The second kappa shape index (κ2) is 4.33. The zero-order chi connectivity index (χ0) is 9.14. The number of rotatable bonds is 3. The van der Waals surface area contributed by atoms with E-state index in [1.807, 2.05) is 0 Å². The quantitative estimate of drug-likeness (QED) is 0.606. The van der Waals surface area contributed by atoms with Gasteiger partial charge in [-0.2, -0.15) is 6.07 Å². The molecule has 1 aromatic carbocycles. The van der Waals surface area contributed by atoms with Gasteiger partial charge in [0.1, 0.15) is 0 Å². The molecule has 0 bridgehead atoms. The predicted octanol–water partition coefficient (Wildman–Crippen LogP) is 3.02. The Hall–Kier alpha value is 0.0400. The molecule has 1 rings (SSSR count). The van der Waals surface area contributed by atoms with Gasteiger partial charge in [-0.05, 0) is 26.6 Å². The van der Waals surface area contributed by atoms with Gasteiger partial charge in [-0.3, -0.25) is 0 Å². The highest BCUT2D eigenvalue weighted by Crippen LogP contribution is 2.26. The third-order valence-electron chi connectivity index (χ3n) is 2.16. The van der Waals surface area contributed by atoms with E-state index in [9.17, 15) is 0 Å². The van der Waals surface area contributed by atoms with Crippen LogP contribution in [0.2, 0.25) is 0 Å². The van der Waals surface area contributed by atoms with Gasteiger partial charge < -0.3 is 4.90 Å². The zero-order valence-corrected chi connectivity index (χ0v) is 10.00. The zero-order valence-electron chi connectivity index (χ0n) is 7.84. The van der Waals surface area contributed by atoms with Crippen LogP contribution in [0.1, 0.15) is 24.9 Å². The first-order valence-electron chi connectivity index (χ1n) is 4.24. The Morgan fingerprint density at radius 2 is 2.25 bits per heavy atom. The largest absolute Gasteiger partial charge is 0.313 e. The molecule has 0 heterocycles. The Bertz CT molecular complexity index is 240. The van der Waals surface area contributed by atoms with E-state index in [1.165, 1.54) is 15.6 Å². The Morgan fingerprint density at radius 3 is 2.58 bits per heavy atom. The summed E-state index contributed by atoms with van der Waals surface area (Å²) in [6.45, 7) is 2.23. The topological polar surface area (TPSA) is 3.24 Å². The highest BCUT2D eigenvalue weighted by molar-refractivity contribution is 14.1. The van der Waals surface area contributed by atoms with Crippen molar-refractivity contribution in [3.8, 4) is 0 Å². The van der Waals surface area contributed by atoms with E-state index in [1.54, 1.807) is 0 Å². The lowest BCUT2D eigenvalue weighted by Gasteiger charge is -2.27. The van der Waals surface area contributed by atoms with Gasteiger partial charge in [-0.25, -0.2) is 12.1 Å². The van der Waals surface area contributed by atoms with Crippen molar-refractivity contribution in [1.82, 2.24) is 4.90 Å². The highest BCUT2D eigenvalue weighted by atomic mass is 127. The molecule has 0 amide bonds. The van der Waals surface area contributed by atoms with Crippen LogP contribution < -0.4 is 0 Å². The van der Waals surface area contributed by atoms with Gasteiger partial charge in [0.15, 0.2) is 0 Å². The molecule has 2 heteroatoms. The molecule has 12 heavy (non-hydrogen) atoms. The molecule has 0 aliphatic carbocycles. The molecule has 0 radical (unpaired) electrons. The third kappa shape index (κ3) is 2.04.